The maximum atomic E-state index is 13.0. The highest BCUT2D eigenvalue weighted by Gasteiger charge is 2.54. The predicted octanol–water partition coefficient (Wildman–Crippen LogP) is 3.51. The molecule has 0 atom stereocenters. The van der Waals surface area contributed by atoms with Gasteiger partial charge in [0, 0.05) is 42.5 Å². The third-order valence-electron chi connectivity index (χ3n) is 6.03. The second kappa shape index (κ2) is 7.92. The molecule has 1 aromatic carbocycles. The Morgan fingerprint density at radius 1 is 0.968 bits per heavy atom. The number of aromatic nitrogens is 2. The Balaban J connectivity index is 0.00000112. The monoisotopic (exact) mass is 437 g/mol. The minimum atomic E-state index is -0.0546. The number of nitrogens with zero attached hydrogens (tertiary/aromatic N) is 4. The van der Waals surface area contributed by atoms with Gasteiger partial charge in [0.05, 0.1) is 11.4 Å². The van der Waals surface area contributed by atoms with Crippen molar-refractivity contribution in [1.82, 2.24) is 20.0 Å². The molecule has 0 bridgehead atoms. The number of hydrogen-bond acceptors (Lipinski definition) is 6. The molecule has 7 nitrogen and oxygen atoms in total. The van der Waals surface area contributed by atoms with Gasteiger partial charge in [-0.15, -0.1) is 16.4 Å². The summed E-state index contributed by atoms with van der Waals surface area (Å²) in [4.78, 5) is 30.4. The predicted molar refractivity (Wildman–Crippen MR) is 123 cm³/mol. The van der Waals surface area contributed by atoms with Crippen LogP contribution in [0, 0.1) is 19.3 Å². The number of likely N-dealkylation sites (tertiary alicyclic amines) is 2. The second-order valence-electron chi connectivity index (χ2n) is 8.12. The quantitative estimate of drug-likeness (QED) is 0.662. The Kier molecular flexibility index (Phi) is 5.43. The van der Waals surface area contributed by atoms with Crippen molar-refractivity contribution in [3.05, 3.63) is 52.0 Å². The normalized spacial score (nSPS) is 16.4. The molecule has 1 spiro atoms. The molecule has 162 valence electrons. The van der Waals surface area contributed by atoms with E-state index in [1.54, 1.807) is 0 Å². The number of rotatable bonds is 2. The van der Waals surface area contributed by atoms with Gasteiger partial charge < -0.3 is 15.5 Å². The number of carbonyl (C=O) groups excluding carboxylic acids is 2. The van der Waals surface area contributed by atoms with Gasteiger partial charge in [-0.1, -0.05) is 32.0 Å². The summed E-state index contributed by atoms with van der Waals surface area (Å²) < 4.78 is 0. The minimum absolute atomic E-state index is 0.0256. The molecule has 0 unspecified atom stereocenters. The Hall–Kier alpha value is -3.00. The summed E-state index contributed by atoms with van der Waals surface area (Å²) >= 11 is 1.31. The van der Waals surface area contributed by atoms with Gasteiger partial charge in [-0.2, -0.15) is 5.10 Å². The van der Waals surface area contributed by atoms with E-state index in [0.717, 1.165) is 16.6 Å². The van der Waals surface area contributed by atoms with Gasteiger partial charge in [0.2, 0.25) is 0 Å². The smallest absolute Gasteiger partial charge is 0.266 e. The first-order valence-electron chi connectivity index (χ1n) is 10.5. The van der Waals surface area contributed by atoms with Crippen LogP contribution in [0.1, 0.15) is 45.1 Å². The average Bonchev–Trinajstić information content (AvgIpc) is 3.07. The van der Waals surface area contributed by atoms with E-state index in [9.17, 15) is 9.59 Å². The molecule has 2 N–H and O–H groups in total. The van der Waals surface area contributed by atoms with Gasteiger partial charge in [0.15, 0.2) is 0 Å². The maximum absolute atomic E-state index is 13.0. The number of nitrogens with two attached hydrogens (primary N) is 1. The number of thiophene rings is 1. The van der Waals surface area contributed by atoms with Crippen LogP contribution in [-0.2, 0) is 0 Å². The molecule has 2 aliphatic rings. The lowest BCUT2D eigenvalue weighted by Crippen LogP contribution is -2.73. The Morgan fingerprint density at radius 3 is 2.16 bits per heavy atom. The Morgan fingerprint density at radius 2 is 1.55 bits per heavy atom. The molecular formula is C23H27N5O2S. The lowest BCUT2D eigenvalue weighted by Gasteiger charge is -2.60. The Bertz CT molecular complexity index is 1140. The van der Waals surface area contributed by atoms with Crippen LogP contribution in [0.3, 0.4) is 0 Å². The molecule has 31 heavy (non-hydrogen) atoms. The van der Waals surface area contributed by atoms with Gasteiger partial charge >= 0.3 is 0 Å². The third kappa shape index (κ3) is 3.44. The zero-order chi connectivity index (χ0) is 22.3. The summed E-state index contributed by atoms with van der Waals surface area (Å²) in [5.74, 6) is 0.000172. The summed E-state index contributed by atoms with van der Waals surface area (Å²) in [5.41, 5.74) is 9.33. The van der Waals surface area contributed by atoms with Crippen LogP contribution in [0.15, 0.2) is 30.3 Å². The zero-order valence-electron chi connectivity index (χ0n) is 18.3. The SMILES string of the molecule is CC.Cc1nnc2sc(C(=O)N3CC4(CN(C(=O)c5ccccc5)C4)C3)c(N)c2c1C. The summed E-state index contributed by atoms with van der Waals surface area (Å²) in [5, 5.41) is 9.17. The number of fused-ring (bicyclic) bond motifs is 1. The van der Waals surface area contributed by atoms with Crippen LogP contribution in [0.25, 0.3) is 10.2 Å². The molecule has 2 fully saturated rings. The molecule has 4 heterocycles. The van der Waals surface area contributed by atoms with Gasteiger partial charge in [-0.25, -0.2) is 0 Å². The molecule has 0 saturated carbocycles. The van der Waals surface area contributed by atoms with E-state index in [2.05, 4.69) is 10.2 Å². The molecule has 0 radical (unpaired) electrons. The van der Waals surface area contributed by atoms with Crippen molar-refractivity contribution < 1.29 is 9.59 Å². The number of nitrogen functional groups attached to an aromatic ring is 1. The van der Waals surface area contributed by atoms with Crippen molar-refractivity contribution in [2.75, 3.05) is 31.9 Å². The van der Waals surface area contributed by atoms with Gasteiger partial charge in [-0.05, 0) is 31.5 Å². The zero-order valence-corrected chi connectivity index (χ0v) is 19.1. The van der Waals surface area contributed by atoms with Crippen molar-refractivity contribution in [2.24, 2.45) is 5.41 Å². The first-order chi connectivity index (χ1) is 14.9. The topological polar surface area (TPSA) is 92.4 Å². The van der Waals surface area contributed by atoms with E-state index in [1.165, 1.54) is 11.3 Å². The molecule has 5 rings (SSSR count). The highest BCUT2D eigenvalue weighted by atomic mass is 32.1. The number of amides is 2. The first kappa shape index (κ1) is 21.2. The molecule has 3 aromatic rings. The van der Waals surface area contributed by atoms with Crippen molar-refractivity contribution in [3.63, 3.8) is 0 Å². The van der Waals surface area contributed by atoms with E-state index in [1.807, 2.05) is 67.8 Å². The number of hydrogen-bond donors (Lipinski definition) is 1. The van der Waals surface area contributed by atoms with Gasteiger partial charge in [-0.3, -0.25) is 9.59 Å². The van der Waals surface area contributed by atoms with E-state index in [0.29, 0.717) is 47.1 Å². The standard InChI is InChI=1S/C21H21N5O2S.C2H6/c1-12-13(2)23-24-18-15(12)16(22)17(29-18)20(28)26-10-21(11-26)8-25(9-21)19(27)14-6-4-3-5-7-14;1-2/h3-7H,8-11,22H2,1-2H3;1-2H3. The van der Waals surface area contributed by atoms with Crippen LogP contribution in [0.5, 0.6) is 0 Å². The first-order valence-corrected chi connectivity index (χ1v) is 11.4. The number of benzene rings is 1. The Labute approximate surface area is 185 Å². The molecule has 2 aliphatic heterocycles. The van der Waals surface area contributed by atoms with Gasteiger partial charge in [0.1, 0.15) is 9.71 Å². The fraction of sp³-hybridized carbons (Fsp3) is 0.391. The van der Waals surface area contributed by atoms with E-state index in [4.69, 9.17) is 5.73 Å². The van der Waals surface area contributed by atoms with Crippen molar-refractivity contribution in [2.45, 2.75) is 27.7 Å². The number of aryl methyl sites for hydroxylation is 2. The maximum Gasteiger partial charge on any atom is 0.266 e. The van der Waals surface area contributed by atoms with Gasteiger partial charge in [0.25, 0.3) is 11.8 Å². The summed E-state index contributed by atoms with van der Waals surface area (Å²) in [6.45, 7) is 10.5. The average molecular weight is 438 g/mol. The fourth-order valence-electron chi connectivity index (χ4n) is 4.32. The molecule has 2 saturated heterocycles. The van der Waals surface area contributed by atoms with Crippen LogP contribution in [-0.4, -0.2) is 58.0 Å². The number of anilines is 1. The lowest BCUT2D eigenvalue weighted by molar-refractivity contribution is -0.0820. The number of carbonyl (C=O) groups is 2. The van der Waals surface area contributed by atoms with Crippen LogP contribution >= 0.6 is 11.3 Å². The third-order valence-corrected chi connectivity index (χ3v) is 7.11. The highest BCUT2D eigenvalue weighted by molar-refractivity contribution is 7.21. The molecule has 2 amide bonds. The van der Waals surface area contributed by atoms with E-state index < -0.39 is 0 Å². The largest absolute Gasteiger partial charge is 0.397 e. The molecule has 0 aliphatic carbocycles. The second-order valence-corrected chi connectivity index (χ2v) is 9.12. The van der Waals surface area contributed by atoms with Crippen LogP contribution in [0.2, 0.25) is 0 Å². The van der Waals surface area contributed by atoms with Crippen molar-refractivity contribution in [3.8, 4) is 0 Å². The van der Waals surface area contributed by atoms with Crippen molar-refractivity contribution in [1.29, 1.82) is 0 Å². The minimum Gasteiger partial charge on any atom is -0.397 e. The van der Waals surface area contributed by atoms with E-state index >= 15 is 0 Å². The molecule has 2 aromatic heterocycles. The highest BCUT2D eigenvalue weighted by Crippen LogP contribution is 2.43. The molecular weight excluding hydrogens is 410 g/mol. The summed E-state index contributed by atoms with van der Waals surface area (Å²) in [6, 6.07) is 9.31. The van der Waals surface area contributed by atoms with Crippen LogP contribution in [0.4, 0.5) is 5.69 Å². The van der Waals surface area contributed by atoms with E-state index in [-0.39, 0.29) is 17.2 Å². The summed E-state index contributed by atoms with van der Waals surface area (Å²) in [6.07, 6.45) is 0. The van der Waals surface area contributed by atoms with Crippen molar-refractivity contribution >= 4 is 39.1 Å². The lowest BCUT2D eigenvalue weighted by atomic mass is 9.72. The molecule has 8 heteroatoms. The van der Waals surface area contributed by atoms with Crippen LogP contribution < -0.4 is 5.73 Å². The summed E-state index contributed by atoms with van der Waals surface area (Å²) in [7, 11) is 0. The fourth-order valence-corrected chi connectivity index (χ4v) is 5.39.